The van der Waals surface area contributed by atoms with E-state index < -0.39 is 0 Å². The van der Waals surface area contributed by atoms with Crippen LogP contribution in [0, 0.1) is 6.92 Å². The summed E-state index contributed by atoms with van der Waals surface area (Å²) < 4.78 is 0. The van der Waals surface area contributed by atoms with Gasteiger partial charge in [-0.05, 0) is 42.8 Å². The van der Waals surface area contributed by atoms with Crippen LogP contribution in [0.5, 0.6) is 0 Å². The van der Waals surface area contributed by atoms with Crippen LogP contribution < -0.4 is 5.32 Å². The number of benzene rings is 2. The summed E-state index contributed by atoms with van der Waals surface area (Å²) in [5.41, 5.74) is 2.01. The maximum Gasteiger partial charge on any atom is 0.244 e. The largest absolute Gasteiger partial charge is 0.352 e. The fourth-order valence-electron chi connectivity index (χ4n) is 1.84. The van der Waals surface area contributed by atoms with Crippen LogP contribution in [0.25, 0.3) is 6.08 Å². The first-order valence-corrected chi connectivity index (χ1v) is 8.89. The molecule has 0 fully saturated rings. The van der Waals surface area contributed by atoms with Gasteiger partial charge in [-0.3, -0.25) is 4.79 Å². The van der Waals surface area contributed by atoms with E-state index in [1.807, 2.05) is 0 Å². The fourth-order valence-corrected chi connectivity index (χ4v) is 3.08. The highest BCUT2D eigenvalue weighted by Crippen LogP contribution is 2.22. The summed E-state index contributed by atoms with van der Waals surface area (Å²) in [5.74, 6) is 0.685. The number of hydrogen-bond donors (Lipinski definition) is 1. The number of halogens is 2. The summed E-state index contributed by atoms with van der Waals surface area (Å²) in [7, 11) is 0. The predicted molar refractivity (Wildman–Crippen MR) is 100 cm³/mol. The van der Waals surface area contributed by atoms with E-state index in [4.69, 9.17) is 23.2 Å². The van der Waals surface area contributed by atoms with Crippen LogP contribution in [-0.2, 0) is 4.79 Å². The topological polar surface area (TPSA) is 29.1 Å². The van der Waals surface area contributed by atoms with Crippen molar-refractivity contribution in [2.24, 2.45) is 0 Å². The van der Waals surface area contributed by atoms with Crippen molar-refractivity contribution in [3.8, 4) is 0 Å². The van der Waals surface area contributed by atoms with E-state index in [9.17, 15) is 4.79 Å². The monoisotopic (exact) mass is 365 g/mol. The Balaban J connectivity index is 1.74. The minimum absolute atomic E-state index is 0.138. The van der Waals surface area contributed by atoms with Crippen molar-refractivity contribution in [2.45, 2.75) is 11.8 Å². The van der Waals surface area contributed by atoms with Crippen LogP contribution in [0.15, 0.2) is 53.4 Å². The van der Waals surface area contributed by atoms with E-state index in [2.05, 4.69) is 36.5 Å². The molecular weight excluding hydrogens is 349 g/mol. The molecule has 0 radical (unpaired) electrons. The van der Waals surface area contributed by atoms with Crippen LogP contribution in [0.2, 0.25) is 10.0 Å². The van der Waals surface area contributed by atoms with Gasteiger partial charge in [0.15, 0.2) is 0 Å². The molecule has 2 rings (SSSR count). The second-order valence-electron chi connectivity index (χ2n) is 4.95. The first-order valence-electron chi connectivity index (χ1n) is 7.15. The SMILES string of the molecule is Cc1ccc(SCCNC(=O)/C=C/c2ccc(Cl)cc2Cl)cc1. The zero-order valence-corrected chi connectivity index (χ0v) is 15.0. The number of rotatable bonds is 6. The molecule has 0 saturated carbocycles. The van der Waals surface area contributed by atoms with Crippen molar-refractivity contribution in [3.63, 3.8) is 0 Å². The highest BCUT2D eigenvalue weighted by molar-refractivity contribution is 7.99. The number of hydrogen-bond acceptors (Lipinski definition) is 2. The van der Waals surface area contributed by atoms with Gasteiger partial charge in [0, 0.05) is 33.3 Å². The van der Waals surface area contributed by atoms with Crippen LogP contribution in [0.1, 0.15) is 11.1 Å². The molecule has 1 amide bonds. The molecule has 23 heavy (non-hydrogen) atoms. The summed E-state index contributed by atoms with van der Waals surface area (Å²) >= 11 is 13.6. The van der Waals surface area contributed by atoms with Crippen molar-refractivity contribution in [1.82, 2.24) is 5.32 Å². The summed E-state index contributed by atoms with van der Waals surface area (Å²) in [6.07, 6.45) is 3.16. The fraction of sp³-hybridized carbons (Fsp3) is 0.167. The Morgan fingerprint density at radius 1 is 1.17 bits per heavy atom. The predicted octanol–water partition coefficient (Wildman–Crippen LogP) is 5.22. The van der Waals surface area contributed by atoms with Crippen LogP contribution >= 0.6 is 35.0 Å². The third-order valence-electron chi connectivity index (χ3n) is 3.07. The van der Waals surface area contributed by atoms with Crippen LogP contribution in [0.4, 0.5) is 0 Å². The van der Waals surface area contributed by atoms with E-state index in [1.165, 1.54) is 16.5 Å². The van der Waals surface area contributed by atoms with E-state index in [0.717, 1.165) is 11.3 Å². The molecule has 2 aromatic rings. The minimum Gasteiger partial charge on any atom is -0.352 e. The average Bonchev–Trinajstić information content (AvgIpc) is 2.52. The Morgan fingerprint density at radius 3 is 2.61 bits per heavy atom. The molecule has 0 unspecified atom stereocenters. The lowest BCUT2D eigenvalue weighted by molar-refractivity contribution is -0.116. The molecule has 0 aromatic heterocycles. The average molecular weight is 366 g/mol. The van der Waals surface area contributed by atoms with E-state index in [1.54, 1.807) is 36.0 Å². The van der Waals surface area contributed by atoms with Gasteiger partial charge in [0.2, 0.25) is 5.91 Å². The molecule has 0 spiro atoms. The summed E-state index contributed by atoms with van der Waals surface area (Å²) in [5, 5.41) is 3.95. The number of carbonyl (C=O) groups is 1. The van der Waals surface area contributed by atoms with Gasteiger partial charge >= 0.3 is 0 Å². The van der Waals surface area contributed by atoms with Crippen molar-refractivity contribution in [2.75, 3.05) is 12.3 Å². The van der Waals surface area contributed by atoms with Crippen LogP contribution in [-0.4, -0.2) is 18.2 Å². The third-order valence-corrected chi connectivity index (χ3v) is 4.64. The molecule has 0 heterocycles. The zero-order valence-electron chi connectivity index (χ0n) is 12.7. The molecule has 0 aliphatic carbocycles. The zero-order chi connectivity index (χ0) is 16.7. The van der Waals surface area contributed by atoms with E-state index >= 15 is 0 Å². The molecule has 2 aromatic carbocycles. The van der Waals surface area contributed by atoms with Crippen molar-refractivity contribution in [1.29, 1.82) is 0 Å². The van der Waals surface area contributed by atoms with Crippen molar-refractivity contribution < 1.29 is 4.79 Å². The minimum atomic E-state index is -0.138. The Bertz CT molecular complexity index is 699. The van der Waals surface area contributed by atoms with Crippen LogP contribution in [0.3, 0.4) is 0 Å². The highest BCUT2D eigenvalue weighted by atomic mass is 35.5. The normalized spacial score (nSPS) is 10.9. The molecule has 120 valence electrons. The van der Waals surface area contributed by atoms with Crippen molar-refractivity contribution in [3.05, 3.63) is 69.7 Å². The number of carbonyl (C=O) groups excluding carboxylic acids is 1. The summed E-state index contributed by atoms with van der Waals surface area (Å²) in [6.45, 7) is 2.67. The molecule has 0 atom stereocenters. The third kappa shape index (κ3) is 6.30. The highest BCUT2D eigenvalue weighted by Gasteiger charge is 2.00. The van der Waals surface area contributed by atoms with Gasteiger partial charge in [0.1, 0.15) is 0 Å². The van der Waals surface area contributed by atoms with Crippen molar-refractivity contribution >= 4 is 46.9 Å². The molecule has 5 heteroatoms. The standard InChI is InChI=1S/C18H17Cl2NOS/c1-13-2-7-16(8-3-13)23-11-10-21-18(22)9-5-14-4-6-15(19)12-17(14)20/h2-9,12H,10-11H2,1H3,(H,21,22)/b9-5+. The number of aryl methyl sites for hydroxylation is 1. The van der Waals surface area contributed by atoms with Gasteiger partial charge in [0.05, 0.1) is 0 Å². The smallest absolute Gasteiger partial charge is 0.244 e. The summed E-state index contributed by atoms with van der Waals surface area (Å²) in [4.78, 5) is 13.0. The van der Waals surface area contributed by atoms with Gasteiger partial charge in [0.25, 0.3) is 0 Å². The maximum absolute atomic E-state index is 11.8. The first kappa shape index (κ1) is 17.9. The van der Waals surface area contributed by atoms with Gasteiger partial charge < -0.3 is 5.32 Å². The number of nitrogens with one attached hydrogen (secondary N) is 1. The Kier molecular flexibility index (Phi) is 7.03. The maximum atomic E-state index is 11.8. The number of amides is 1. The molecular formula is C18H17Cl2NOS. The van der Waals surface area contributed by atoms with Gasteiger partial charge in [-0.2, -0.15) is 0 Å². The number of thioether (sulfide) groups is 1. The second-order valence-corrected chi connectivity index (χ2v) is 6.96. The quantitative estimate of drug-likeness (QED) is 0.431. The van der Waals surface area contributed by atoms with Gasteiger partial charge in [-0.15, -0.1) is 11.8 Å². The van der Waals surface area contributed by atoms with E-state index in [0.29, 0.717) is 16.6 Å². The molecule has 0 saturated heterocycles. The summed E-state index contributed by atoms with van der Waals surface area (Å²) in [6, 6.07) is 13.5. The molecule has 0 bridgehead atoms. The Morgan fingerprint density at radius 2 is 1.91 bits per heavy atom. The first-order chi connectivity index (χ1) is 11.0. The molecule has 0 aliphatic heterocycles. The van der Waals surface area contributed by atoms with Gasteiger partial charge in [-0.25, -0.2) is 0 Å². The lowest BCUT2D eigenvalue weighted by Gasteiger charge is -2.03. The molecule has 1 N–H and O–H groups in total. The second kappa shape index (κ2) is 9.02. The lowest BCUT2D eigenvalue weighted by atomic mass is 10.2. The molecule has 2 nitrogen and oxygen atoms in total. The van der Waals surface area contributed by atoms with E-state index in [-0.39, 0.29) is 5.91 Å². The molecule has 0 aliphatic rings. The Hall–Kier alpha value is -1.42. The lowest BCUT2D eigenvalue weighted by Crippen LogP contribution is -2.23. The Labute approximate surface area is 150 Å². The van der Waals surface area contributed by atoms with Gasteiger partial charge in [-0.1, -0.05) is 47.0 Å².